The van der Waals surface area contributed by atoms with Crippen LogP contribution in [-0.2, 0) is 0 Å². The van der Waals surface area contributed by atoms with Gasteiger partial charge in [0, 0.05) is 18.0 Å². The number of aryl methyl sites for hydroxylation is 2. The number of imidazole rings is 1. The van der Waals surface area contributed by atoms with Gasteiger partial charge in [-0.3, -0.25) is 0 Å². The third-order valence-corrected chi connectivity index (χ3v) is 3.23. The summed E-state index contributed by atoms with van der Waals surface area (Å²) in [4.78, 5) is 7.82. The predicted molar refractivity (Wildman–Crippen MR) is 72.5 cm³/mol. The van der Waals surface area contributed by atoms with Gasteiger partial charge in [0.2, 0.25) is 0 Å². The lowest BCUT2D eigenvalue weighted by atomic mass is 10.0. The molecule has 0 amide bonds. The van der Waals surface area contributed by atoms with Gasteiger partial charge >= 0.3 is 0 Å². The van der Waals surface area contributed by atoms with Gasteiger partial charge in [-0.15, -0.1) is 0 Å². The summed E-state index contributed by atoms with van der Waals surface area (Å²) in [6.45, 7) is 6.71. The molecule has 2 rings (SSSR count). The van der Waals surface area contributed by atoms with Gasteiger partial charge < -0.3 is 15.1 Å². The van der Waals surface area contributed by atoms with Gasteiger partial charge in [0.25, 0.3) is 0 Å². The quantitative estimate of drug-likeness (QED) is 0.853. The number of furan rings is 1. The van der Waals surface area contributed by atoms with Gasteiger partial charge in [0.15, 0.2) is 0 Å². The summed E-state index contributed by atoms with van der Waals surface area (Å²) in [5.74, 6) is 3.13. The Morgan fingerprint density at radius 3 is 2.78 bits per heavy atom. The van der Waals surface area contributed by atoms with E-state index in [0.717, 1.165) is 41.4 Å². The van der Waals surface area contributed by atoms with E-state index in [1.165, 1.54) is 0 Å². The number of aromatic nitrogens is 2. The van der Waals surface area contributed by atoms with Crippen molar-refractivity contribution in [3.8, 4) is 11.3 Å². The van der Waals surface area contributed by atoms with Crippen LogP contribution in [0.15, 0.2) is 16.7 Å². The zero-order valence-corrected chi connectivity index (χ0v) is 11.3. The molecule has 0 saturated heterocycles. The molecule has 0 bridgehead atoms. The smallest absolute Gasteiger partial charge is 0.110 e. The molecule has 2 heterocycles. The van der Waals surface area contributed by atoms with Crippen molar-refractivity contribution in [3.63, 3.8) is 0 Å². The highest BCUT2D eigenvalue weighted by molar-refractivity contribution is 5.61. The van der Waals surface area contributed by atoms with Crippen LogP contribution in [0.4, 0.5) is 0 Å². The Hall–Kier alpha value is -1.55. The van der Waals surface area contributed by atoms with Crippen molar-refractivity contribution in [2.75, 3.05) is 6.54 Å². The van der Waals surface area contributed by atoms with Crippen molar-refractivity contribution in [1.82, 2.24) is 9.97 Å². The highest BCUT2D eigenvalue weighted by Crippen LogP contribution is 2.27. The minimum absolute atomic E-state index is 0.317. The zero-order chi connectivity index (χ0) is 13.1. The van der Waals surface area contributed by atoms with Gasteiger partial charge in [-0.25, -0.2) is 4.98 Å². The van der Waals surface area contributed by atoms with Crippen LogP contribution in [0.1, 0.15) is 43.0 Å². The lowest BCUT2D eigenvalue weighted by molar-refractivity contribution is 0.505. The first-order valence-corrected chi connectivity index (χ1v) is 6.48. The van der Waals surface area contributed by atoms with Gasteiger partial charge in [-0.1, -0.05) is 13.3 Å². The fourth-order valence-electron chi connectivity index (χ4n) is 2.29. The lowest BCUT2D eigenvalue weighted by Gasteiger charge is -2.09. The molecule has 2 aromatic rings. The molecule has 98 valence electrons. The van der Waals surface area contributed by atoms with E-state index in [4.69, 9.17) is 10.2 Å². The second-order valence-corrected chi connectivity index (χ2v) is 4.73. The monoisotopic (exact) mass is 247 g/mol. The van der Waals surface area contributed by atoms with E-state index >= 15 is 0 Å². The standard InChI is InChI=1S/C14H21N3O/c1-4-5-11(7-15)14-16-8-13(17-14)12-6-9(2)18-10(12)3/h6,8,11H,4-5,7,15H2,1-3H3,(H,16,17). The maximum atomic E-state index is 5.79. The zero-order valence-electron chi connectivity index (χ0n) is 11.3. The second kappa shape index (κ2) is 5.40. The Kier molecular flexibility index (Phi) is 3.87. The molecule has 0 spiro atoms. The molecule has 4 nitrogen and oxygen atoms in total. The molecule has 3 N–H and O–H groups in total. The fourth-order valence-corrected chi connectivity index (χ4v) is 2.29. The molecule has 0 aliphatic heterocycles. The normalized spacial score (nSPS) is 12.9. The van der Waals surface area contributed by atoms with Crippen molar-refractivity contribution in [2.24, 2.45) is 5.73 Å². The van der Waals surface area contributed by atoms with E-state index in [2.05, 4.69) is 16.9 Å². The minimum atomic E-state index is 0.317. The molecule has 18 heavy (non-hydrogen) atoms. The first kappa shape index (κ1) is 12.9. The van der Waals surface area contributed by atoms with Crippen LogP contribution < -0.4 is 5.73 Å². The van der Waals surface area contributed by atoms with Crippen LogP contribution in [0, 0.1) is 13.8 Å². The molecule has 2 aromatic heterocycles. The number of rotatable bonds is 5. The molecule has 4 heteroatoms. The highest BCUT2D eigenvalue weighted by Gasteiger charge is 2.15. The van der Waals surface area contributed by atoms with Crippen LogP contribution in [0.5, 0.6) is 0 Å². The topological polar surface area (TPSA) is 67.8 Å². The SMILES string of the molecule is CCCC(CN)c1ncc(-c2cc(C)oc2C)[nH]1. The first-order chi connectivity index (χ1) is 8.65. The Labute approximate surface area is 108 Å². The van der Waals surface area contributed by atoms with E-state index in [1.54, 1.807) is 0 Å². The van der Waals surface area contributed by atoms with Crippen LogP contribution in [-0.4, -0.2) is 16.5 Å². The number of hydrogen-bond acceptors (Lipinski definition) is 3. The van der Waals surface area contributed by atoms with Gasteiger partial charge in [0.1, 0.15) is 17.3 Å². The molecule has 0 aliphatic rings. The molecule has 1 unspecified atom stereocenters. The summed E-state index contributed by atoms with van der Waals surface area (Å²) in [5.41, 5.74) is 7.88. The van der Waals surface area contributed by atoms with Gasteiger partial charge in [-0.05, 0) is 26.3 Å². The van der Waals surface area contributed by atoms with Crippen LogP contribution in [0.25, 0.3) is 11.3 Å². The van der Waals surface area contributed by atoms with E-state index in [0.29, 0.717) is 12.5 Å². The highest BCUT2D eigenvalue weighted by atomic mass is 16.3. The summed E-state index contributed by atoms with van der Waals surface area (Å²) < 4.78 is 5.54. The van der Waals surface area contributed by atoms with E-state index in [-0.39, 0.29) is 0 Å². The number of nitrogens with zero attached hydrogens (tertiary/aromatic N) is 1. The van der Waals surface area contributed by atoms with Crippen molar-refractivity contribution in [2.45, 2.75) is 39.5 Å². The van der Waals surface area contributed by atoms with Crippen molar-refractivity contribution >= 4 is 0 Å². The summed E-state index contributed by atoms with van der Waals surface area (Å²) in [6, 6.07) is 2.03. The average molecular weight is 247 g/mol. The summed E-state index contributed by atoms with van der Waals surface area (Å²) >= 11 is 0. The fraction of sp³-hybridized carbons (Fsp3) is 0.500. The second-order valence-electron chi connectivity index (χ2n) is 4.73. The Bertz CT molecular complexity index is 513. The van der Waals surface area contributed by atoms with Gasteiger partial charge in [0.05, 0.1) is 11.9 Å². The molecule has 0 radical (unpaired) electrons. The molecule has 0 aliphatic carbocycles. The molecular weight excluding hydrogens is 226 g/mol. The first-order valence-electron chi connectivity index (χ1n) is 6.48. The third kappa shape index (κ3) is 2.48. The Morgan fingerprint density at radius 2 is 2.22 bits per heavy atom. The Balaban J connectivity index is 2.27. The molecule has 0 aromatic carbocycles. The number of hydrogen-bond donors (Lipinski definition) is 2. The van der Waals surface area contributed by atoms with Crippen molar-refractivity contribution < 1.29 is 4.42 Å². The number of nitrogens with two attached hydrogens (primary N) is 1. The van der Waals surface area contributed by atoms with Crippen molar-refractivity contribution in [1.29, 1.82) is 0 Å². The summed E-state index contributed by atoms with van der Waals surface area (Å²) in [5, 5.41) is 0. The number of nitrogens with one attached hydrogen (secondary N) is 1. The molecule has 1 atom stereocenters. The summed E-state index contributed by atoms with van der Waals surface area (Å²) in [6.07, 6.45) is 4.04. The summed E-state index contributed by atoms with van der Waals surface area (Å²) in [7, 11) is 0. The average Bonchev–Trinajstić information content (AvgIpc) is 2.92. The minimum Gasteiger partial charge on any atom is -0.466 e. The Morgan fingerprint density at radius 1 is 1.44 bits per heavy atom. The lowest BCUT2D eigenvalue weighted by Crippen LogP contribution is -2.13. The van der Waals surface area contributed by atoms with Gasteiger partial charge in [-0.2, -0.15) is 0 Å². The number of H-pyrrole nitrogens is 1. The van der Waals surface area contributed by atoms with Crippen LogP contribution in [0.3, 0.4) is 0 Å². The number of aromatic amines is 1. The molecule has 0 saturated carbocycles. The van der Waals surface area contributed by atoms with E-state index in [9.17, 15) is 0 Å². The third-order valence-electron chi connectivity index (χ3n) is 3.23. The van der Waals surface area contributed by atoms with Crippen molar-refractivity contribution in [3.05, 3.63) is 29.6 Å². The largest absolute Gasteiger partial charge is 0.466 e. The predicted octanol–water partition coefficient (Wildman–Crippen LogP) is 3.13. The molecular formula is C14H21N3O. The van der Waals surface area contributed by atoms with E-state index in [1.807, 2.05) is 26.1 Å². The van der Waals surface area contributed by atoms with Crippen LogP contribution in [0.2, 0.25) is 0 Å². The maximum Gasteiger partial charge on any atom is 0.110 e. The molecule has 0 fully saturated rings. The van der Waals surface area contributed by atoms with E-state index < -0.39 is 0 Å². The maximum absolute atomic E-state index is 5.79. The van der Waals surface area contributed by atoms with Crippen LogP contribution >= 0.6 is 0 Å².